The molecular formula is C8H6Cl2FN3O3S. The Hall–Kier alpha value is -0.990. The van der Waals surface area contributed by atoms with Gasteiger partial charge in [0.2, 0.25) is 5.91 Å². The summed E-state index contributed by atoms with van der Waals surface area (Å²) in [7, 11) is -4.78. The molecule has 0 N–H and O–H groups in total. The predicted octanol–water partition coefficient (Wildman–Crippen LogP) is 1.19. The fraction of sp³-hybridized carbons (Fsp3) is 0.375. The third-order valence-electron chi connectivity index (χ3n) is 2.43. The van der Waals surface area contributed by atoms with E-state index in [1.165, 1.54) is 0 Å². The van der Waals surface area contributed by atoms with Crippen molar-refractivity contribution in [3.63, 3.8) is 0 Å². The van der Waals surface area contributed by atoms with Gasteiger partial charge in [0.15, 0.2) is 11.0 Å². The summed E-state index contributed by atoms with van der Waals surface area (Å²) in [4.78, 5) is 20.0. The van der Waals surface area contributed by atoms with Gasteiger partial charge >= 0.3 is 10.2 Å². The average Bonchev–Trinajstić information content (AvgIpc) is 2.60. The summed E-state index contributed by atoms with van der Waals surface area (Å²) < 4.78 is 34.3. The van der Waals surface area contributed by atoms with E-state index in [9.17, 15) is 17.1 Å². The molecule has 1 fully saturated rings. The Kier molecular flexibility index (Phi) is 3.43. The van der Waals surface area contributed by atoms with Crippen LogP contribution >= 0.6 is 23.2 Å². The largest absolute Gasteiger partial charge is 0.307 e. The van der Waals surface area contributed by atoms with E-state index < -0.39 is 27.8 Å². The number of rotatable bonds is 2. The Morgan fingerprint density at radius 1 is 1.44 bits per heavy atom. The number of amides is 1. The molecule has 18 heavy (non-hydrogen) atoms. The van der Waals surface area contributed by atoms with Crippen LogP contribution in [0.25, 0.3) is 0 Å². The highest BCUT2D eigenvalue weighted by atomic mass is 35.5. The van der Waals surface area contributed by atoms with E-state index in [1.54, 1.807) is 0 Å². The second kappa shape index (κ2) is 4.60. The van der Waals surface area contributed by atoms with Crippen molar-refractivity contribution in [1.82, 2.24) is 9.97 Å². The van der Waals surface area contributed by atoms with E-state index in [4.69, 9.17) is 23.2 Å². The van der Waals surface area contributed by atoms with Crippen molar-refractivity contribution in [1.29, 1.82) is 0 Å². The third kappa shape index (κ3) is 2.55. The Labute approximate surface area is 112 Å². The highest BCUT2D eigenvalue weighted by molar-refractivity contribution is 7.87. The van der Waals surface area contributed by atoms with Crippen LogP contribution < -0.4 is 4.90 Å². The lowest BCUT2D eigenvalue weighted by Gasteiger charge is -2.15. The summed E-state index contributed by atoms with van der Waals surface area (Å²) in [6, 6.07) is 0. The first-order chi connectivity index (χ1) is 8.29. The van der Waals surface area contributed by atoms with Crippen LogP contribution in [-0.2, 0) is 15.0 Å². The standard InChI is InChI=1S/C8H6Cl2FN3O3S/c9-5-2-12-8(7(10)13-5)14-3-4(1-6(14)15)18(11,16)17/h2,4H,1,3H2. The Balaban J connectivity index is 2.33. The lowest BCUT2D eigenvalue weighted by Crippen LogP contribution is -2.28. The number of halogens is 3. The molecule has 1 saturated heterocycles. The molecule has 1 aliphatic rings. The van der Waals surface area contributed by atoms with Crippen molar-refractivity contribution in [2.45, 2.75) is 11.7 Å². The Bertz CT molecular complexity index is 610. The summed E-state index contributed by atoms with van der Waals surface area (Å²) in [5.41, 5.74) is 0. The Morgan fingerprint density at radius 3 is 2.61 bits per heavy atom. The van der Waals surface area contributed by atoms with Gasteiger partial charge in [-0.15, -0.1) is 3.89 Å². The van der Waals surface area contributed by atoms with E-state index in [0.29, 0.717) is 0 Å². The number of anilines is 1. The summed E-state index contributed by atoms with van der Waals surface area (Å²) in [5.74, 6) is -0.614. The van der Waals surface area contributed by atoms with Gasteiger partial charge in [0.05, 0.1) is 6.20 Å². The van der Waals surface area contributed by atoms with Crippen molar-refractivity contribution in [3.05, 3.63) is 16.5 Å². The minimum atomic E-state index is -4.78. The van der Waals surface area contributed by atoms with Gasteiger partial charge in [0.1, 0.15) is 10.4 Å². The number of hydrogen-bond acceptors (Lipinski definition) is 5. The topological polar surface area (TPSA) is 80.2 Å². The quantitative estimate of drug-likeness (QED) is 0.766. The van der Waals surface area contributed by atoms with Gasteiger partial charge in [-0.05, 0) is 0 Å². The molecule has 0 spiro atoms. The molecule has 10 heteroatoms. The highest BCUT2D eigenvalue weighted by Gasteiger charge is 2.40. The molecular weight excluding hydrogens is 308 g/mol. The molecule has 1 amide bonds. The smallest absolute Gasteiger partial charge is 0.293 e. The molecule has 2 rings (SSSR count). The van der Waals surface area contributed by atoms with Crippen LogP contribution in [0.5, 0.6) is 0 Å². The molecule has 0 saturated carbocycles. The first kappa shape index (κ1) is 13.4. The molecule has 1 atom stereocenters. The number of aromatic nitrogens is 2. The second-order valence-electron chi connectivity index (χ2n) is 3.61. The van der Waals surface area contributed by atoms with Crippen molar-refractivity contribution < 1.29 is 17.1 Å². The van der Waals surface area contributed by atoms with Crippen molar-refractivity contribution >= 4 is 45.2 Å². The minimum Gasteiger partial charge on any atom is -0.293 e. The molecule has 6 nitrogen and oxygen atoms in total. The fourth-order valence-electron chi connectivity index (χ4n) is 1.59. The SMILES string of the molecule is O=C1CC(S(=O)(=O)F)CN1c1ncc(Cl)nc1Cl. The maximum absolute atomic E-state index is 12.8. The maximum Gasteiger partial charge on any atom is 0.307 e. The van der Waals surface area contributed by atoms with Gasteiger partial charge in [-0.3, -0.25) is 9.69 Å². The zero-order chi connectivity index (χ0) is 13.5. The number of carbonyl (C=O) groups is 1. The molecule has 1 aliphatic heterocycles. The maximum atomic E-state index is 12.8. The summed E-state index contributed by atoms with van der Waals surface area (Å²) in [5, 5.41) is -1.52. The van der Waals surface area contributed by atoms with E-state index in [2.05, 4.69) is 9.97 Å². The molecule has 1 aromatic rings. The number of hydrogen-bond donors (Lipinski definition) is 0. The van der Waals surface area contributed by atoms with Crippen LogP contribution in [0.15, 0.2) is 6.20 Å². The van der Waals surface area contributed by atoms with Crippen molar-refractivity contribution in [2.24, 2.45) is 0 Å². The van der Waals surface area contributed by atoms with Crippen LogP contribution in [0, 0.1) is 0 Å². The van der Waals surface area contributed by atoms with Gasteiger partial charge in [0.25, 0.3) is 0 Å². The van der Waals surface area contributed by atoms with E-state index >= 15 is 0 Å². The molecule has 0 bridgehead atoms. The zero-order valence-electron chi connectivity index (χ0n) is 8.68. The molecule has 0 radical (unpaired) electrons. The normalized spacial score (nSPS) is 20.5. The Morgan fingerprint density at radius 2 is 2.11 bits per heavy atom. The van der Waals surface area contributed by atoms with E-state index in [0.717, 1.165) is 11.1 Å². The second-order valence-corrected chi connectivity index (χ2v) is 5.98. The minimum absolute atomic E-state index is 0.0304. The monoisotopic (exact) mass is 313 g/mol. The first-order valence-corrected chi connectivity index (χ1v) is 6.91. The van der Waals surface area contributed by atoms with Gasteiger partial charge < -0.3 is 0 Å². The van der Waals surface area contributed by atoms with Crippen LogP contribution in [-0.4, -0.2) is 36.1 Å². The summed E-state index contributed by atoms with van der Waals surface area (Å²) in [6.45, 7) is -0.340. The molecule has 2 heterocycles. The molecule has 0 aliphatic carbocycles. The van der Waals surface area contributed by atoms with Crippen LogP contribution in [0.4, 0.5) is 9.70 Å². The molecule has 0 aromatic carbocycles. The van der Waals surface area contributed by atoms with Crippen molar-refractivity contribution in [3.8, 4) is 0 Å². The van der Waals surface area contributed by atoms with Crippen LogP contribution in [0.2, 0.25) is 10.3 Å². The predicted molar refractivity (Wildman–Crippen MR) is 62.8 cm³/mol. The number of nitrogens with zero attached hydrogens (tertiary/aromatic N) is 3. The van der Waals surface area contributed by atoms with E-state index in [1.807, 2.05) is 0 Å². The lowest BCUT2D eigenvalue weighted by molar-refractivity contribution is -0.117. The first-order valence-electron chi connectivity index (χ1n) is 4.71. The third-order valence-corrected chi connectivity index (χ3v) is 3.97. The lowest BCUT2D eigenvalue weighted by atomic mass is 10.4. The zero-order valence-corrected chi connectivity index (χ0v) is 11.0. The summed E-state index contributed by atoms with van der Waals surface area (Å²) in [6.07, 6.45) is 0.715. The molecule has 1 aromatic heterocycles. The highest BCUT2D eigenvalue weighted by Crippen LogP contribution is 2.29. The van der Waals surface area contributed by atoms with Crippen molar-refractivity contribution in [2.75, 3.05) is 11.4 Å². The average molecular weight is 314 g/mol. The van der Waals surface area contributed by atoms with Gasteiger partial charge in [-0.2, -0.15) is 8.42 Å². The van der Waals surface area contributed by atoms with Gasteiger partial charge in [-0.25, -0.2) is 9.97 Å². The number of carbonyl (C=O) groups excluding carboxylic acids is 1. The van der Waals surface area contributed by atoms with Gasteiger partial charge in [0, 0.05) is 13.0 Å². The summed E-state index contributed by atoms with van der Waals surface area (Å²) >= 11 is 11.3. The molecule has 1 unspecified atom stereocenters. The van der Waals surface area contributed by atoms with Crippen LogP contribution in [0.3, 0.4) is 0 Å². The molecule has 98 valence electrons. The van der Waals surface area contributed by atoms with Gasteiger partial charge in [-0.1, -0.05) is 23.2 Å². The fourth-order valence-corrected chi connectivity index (χ4v) is 2.68. The van der Waals surface area contributed by atoms with E-state index in [-0.39, 0.29) is 22.7 Å². The van der Waals surface area contributed by atoms with Crippen LogP contribution in [0.1, 0.15) is 6.42 Å².